The number of β-amino-alcohol motifs (C(OH)–C–C–N with tert-alkyl or cyclic N) is 1. The average molecular weight is 441 g/mol. The lowest BCUT2D eigenvalue weighted by Crippen LogP contribution is -2.31. The molecule has 1 aromatic carbocycles. The quantitative estimate of drug-likeness (QED) is 0.542. The Morgan fingerprint density at radius 1 is 1.42 bits per heavy atom. The largest absolute Gasteiger partial charge is 0.466 e. The number of aliphatic hydroxyl groups excluding tert-OH is 1. The molecule has 1 amide bonds. The summed E-state index contributed by atoms with van der Waals surface area (Å²) in [6, 6.07) is 1.07. The van der Waals surface area contributed by atoms with Gasteiger partial charge in [-0.15, -0.1) is 0 Å². The van der Waals surface area contributed by atoms with Crippen molar-refractivity contribution in [3.05, 3.63) is 39.3 Å². The summed E-state index contributed by atoms with van der Waals surface area (Å²) in [5.41, 5.74) is -2.59. The summed E-state index contributed by atoms with van der Waals surface area (Å²) in [4.78, 5) is 25.3. The molecular formula is C15H13BrF4N2O4. The van der Waals surface area contributed by atoms with Gasteiger partial charge in [0.05, 0.1) is 37.1 Å². The molecule has 0 aromatic heterocycles. The predicted octanol–water partition coefficient (Wildman–Crippen LogP) is 2.28. The molecule has 1 heterocycles. The summed E-state index contributed by atoms with van der Waals surface area (Å²) in [7, 11) is 1.06. The number of carbonyl (C=O) groups is 2. The van der Waals surface area contributed by atoms with Gasteiger partial charge in [-0.05, 0) is 28.1 Å². The monoisotopic (exact) mass is 440 g/mol. The first-order valence-corrected chi connectivity index (χ1v) is 7.94. The van der Waals surface area contributed by atoms with E-state index in [1.54, 1.807) is 0 Å². The van der Waals surface area contributed by atoms with Crippen molar-refractivity contribution < 1.29 is 37.0 Å². The Morgan fingerprint density at radius 3 is 2.62 bits per heavy atom. The molecule has 0 saturated carbocycles. The van der Waals surface area contributed by atoms with Crippen molar-refractivity contribution >= 4 is 33.5 Å². The number of rotatable bonds is 5. The van der Waals surface area contributed by atoms with Crippen molar-refractivity contribution in [3.63, 3.8) is 0 Å². The number of anilines is 1. The highest BCUT2D eigenvalue weighted by atomic mass is 79.9. The number of carbonyl (C=O) groups excluding carboxylic acids is 2. The maximum Gasteiger partial charge on any atom is 0.418 e. The molecule has 0 atom stereocenters. The third-order valence-corrected chi connectivity index (χ3v) is 4.19. The van der Waals surface area contributed by atoms with Gasteiger partial charge in [-0.1, -0.05) is 0 Å². The van der Waals surface area contributed by atoms with Crippen molar-refractivity contribution in [2.24, 2.45) is 0 Å². The molecule has 0 radical (unpaired) electrons. The number of nitrogens with zero attached hydrogens (tertiary/aromatic N) is 1. The first-order chi connectivity index (χ1) is 12.1. The summed E-state index contributed by atoms with van der Waals surface area (Å²) in [6.45, 7) is -0.767. The standard InChI is InChI=1S/C15H13BrF4N2O4/c1-26-14(25)8-6-22(2-3-23)13(24)11(8)21-12-9(15(18,19)20)4-7(17)5-10(12)16/h4-5,21,23H,2-3,6H2,1H3. The van der Waals surface area contributed by atoms with Crippen LogP contribution in [0.1, 0.15) is 5.56 Å². The molecule has 0 saturated heterocycles. The van der Waals surface area contributed by atoms with Gasteiger partial charge in [0.2, 0.25) is 0 Å². The number of hydrogen-bond acceptors (Lipinski definition) is 5. The Morgan fingerprint density at radius 2 is 2.08 bits per heavy atom. The van der Waals surface area contributed by atoms with E-state index in [-0.39, 0.29) is 29.2 Å². The molecule has 2 rings (SSSR count). The van der Waals surface area contributed by atoms with Gasteiger partial charge < -0.3 is 20.1 Å². The van der Waals surface area contributed by atoms with Crippen LogP contribution in [0.3, 0.4) is 0 Å². The lowest BCUT2D eigenvalue weighted by atomic mass is 10.1. The van der Waals surface area contributed by atoms with Crippen LogP contribution in [0.2, 0.25) is 0 Å². The van der Waals surface area contributed by atoms with E-state index >= 15 is 0 Å². The van der Waals surface area contributed by atoms with Crippen LogP contribution in [0.4, 0.5) is 23.2 Å². The molecule has 0 spiro atoms. The van der Waals surface area contributed by atoms with Crippen LogP contribution < -0.4 is 5.32 Å². The maximum absolute atomic E-state index is 13.4. The van der Waals surface area contributed by atoms with E-state index in [1.165, 1.54) is 0 Å². The summed E-state index contributed by atoms with van der Waals surface area (Å²) < 4.78 is 57.4. The molecule has 142 valence electrons. The minimum absolute atomic E-state index is 0.124. The number of hydrogen-bond donors (Lipinski definition) is 2. The Balaban J connectivity index is 2.54. The Labute approximate surface area is 153 Å². The fourth-order valence-electron chi connectivity index (χ4n) is 2.40. The molecule has 1 aliphatic heterocycles. The number of benzene rings is 1. The van der Waals surface area contributed by atoms with Crippen LogP contribution in [0.25, 0.3) is 0 Å². The molecule has 1 aliphatic rings. The van der Waals surface area contributed by atoms with Gasteiger partial charge in [0, 0.05) is 11.0 Å². The average Bonchev–Trinajstić information content (AvgIpc) is 2.85. The van der Waals surface area contributed by atoms with Crippen LogP contribution in [0.5, 0.6) is 0 Å². The normalized spacial score (nSPS) is 14.9. The molecule has 26 heavy (non-hydrogen) atoms. The van der Waals surface area contributed by atoms with Gasteiger partial charge in [0.1, 0.15) is 11.5 Å². The second kappa shape index (κ2) is 7.62. The fourth-order valence-corrected chi connectivity index (χ4v) is 2.93. The predicted molar refractivity (Wildman–Crippen MR) is 85.4 cm³/mol. The molecular weight excluding hydrogens is 428 g/mol. The summed E-state index contributed by atoms with van der Waals surface area (Å²) in [6.07, 6.45) is -4.91. The lowest BCUT2D eigenvalue weighted by molar-refractivity contribution is -0.137. The molecule has 0 aliphatic carbocycles. The second-order valence-electron chi connectivity index (χ2n) is 5.23. The van der Waals surface area contributed by atoms with E-state index in [0.29, 0.717) is 0 Å². The fraction of sp³-hybridized carbons (Fsp3) is 0.333. The van der Waals surface area contributed by atoms with E-state index in [9.17, 15) is 27.2 Å². The Hall–Kier alpha value is -2.14. The van der Waals surface area contributed by atoms with Crippen LogP contribution in [0, 0.1) is 5.82 Å². The molecule has 0 bridgehead atoms. The SMILES string of the molecule is COC(=O)C1=C(Nc2c(Br)cc(F)cc2C(F)(F)F)C(=O)N(CCO)C1. The lowest BCUT2D eigenvalue weighted by Gasteiger charge is -2.18. The summed E-state index contributed by atoms with van der Waals surface area (Å²) >= 11 is 2.83. The van der Waals surface area contributed by atoms with E-state index in [4.69, 9.17) is 5.11 Å². The topological polar surface area (TPSA) is 78.9 Å². The maximum atomic E-state index is 13.4. The Kier molecular flexibility index (Phi) is 5.91. The number of alkyl halides is 3. The molecule has 0 unspecified atom stereocenters. The second-order valence-corrected chi connectivity index (χ2v) is 6.08. The van der Waals surface area contributed by atoms with Crippen LogP contribution in [-0.4, -0.2) is 48.7 Å². The van der Waals surface area contributed by atoms with E-state index in [1.807, 2.05) is 0 Å². The van der Waals surface area contributed by atoms with Crippen LogP contribution >= 0.6 is 15.9 Å². The first-order valence-electron chi connectivity index (χ1n) is 7.15. The number of amides is 1. The van der Waals surface area contributed by atoms with Crippen molar-refractivity contribution in [2.75, 3.05) is 32.1 Å². The minimum atomic E-state index is -4.91. The van der Waals surface area contributed by atoms with Crippen molar-refractivity contribution in [1.82, 2.24) is 4.90 Å². The van der Waals surface area contributed by atoms with Gasteiger partial charge in [-0.2, -0.15) is 13.2 Å². The molecule has 1 aromatic rings. The van der Waals surface area contributed by atoms with Crippen LogP contribution in [-0.2, 0) is 20.5 Å². The van der Waals surface area contributed by atoms with E-state index in [0.717, 1.165) is 18.1 Å². The van der Waals surface area contributed by atoms with E-state index in [2.05, 4.69) is 26.0 Å². The highest BCUT2D eigenvalue weighted by molar-refractivity contribution is 9.10. The van der Waals surface area contributed by atoms with Crippen LogP contribution in [0.15, 0.2) is 27.9 Å². The van der Waals surface area contributed by atoms with E-state index < -0.39 is 47.4 Å². The van der Waals surface area contributed by atoms with Crippen molar-refractivity contribution in [2.45, 2.75) is 6.18 Å². The van der Waals surface area contributed by atoms with Gasteiger partial charge in [0.25, 0.3) is 5.91 Å². The molecule has 6 nitrogen and oxygen atoms in total. The highest BCUT2D eigenvalue weighted by Crippen LogP contribution is 2.40. The number of ether oxygens (including phenoxy) is 1. The minimum Gasteiger partial charge on any atom is -0.466 e. The zero-order valence-electron chi connectivity index (χ0n) is 13.3. The molecule has 2 N–H and O–H groups in total. The van der Waals surface area contributed by atoms with Crippen molar-refractivity contribution in [1.29, 1.82) is 0 Å². The summed E-state index contributed by atoms with van der Waals surface area (Å²) in [5, 5.41) is 11.3. The van der Waals surface area contributed by atoms with Gasteiger partial charge in [0.15, 0.2) is 0 Å². The smallest absolute Gasteiger partial charge is 0.418 e. The Bertz CT molecular complexity index is 780. The summed E-state index contributed by atoms with van der Waals surface area (Å²) in [5.74, 6) is -2.83. The number of esters is 1. The highest BCUT2D eigenvalue weighted by Gasteiger charge is 2.39. The third kappa shape index (κ3) is 3.98. The van der Waals surface area contributed by atoms with Crippen molar-refractivity contribution in [3.8, 4) is 0 Å². The first kappa shape index (κ1) is 20.2. The number of methoxy groups -OCH3 is 1. The zero-order chi connectivity index (χ0) is 19.6. The number of halogens is 5. The van der Waals surface area contributed by atoms with Gasteiger partial charge in [-0.25, -0.2) is 9.18 Å². The zero-order valence-corrected chi connectivity index (χ0v) is 14.9. The third-order valence-electron chi connectivity index (χ3n) is 3.56. The number of aliphatic hydroxyl groups is 1. The van der Waals surface area contributed by atoms with Gasteiger partial charge >= 0.3 is 12.1 Å². The molecule has 11 heteroatoms. The van der Waals surface area contributed by atoms with Gasteiger partial charge in [-0.3, -0.25) is 4.79 Å². The number of nitrogens with one attached hydrogen (secondary N) is 1. The molecule has 0 fully saturated rings.